The van der Waals surface area contributed by atoms with Crippen molar-refractivity contribution in [3.8, 4) is 22.8 Å². The van der Waals surface area contributed by atoms with Gasteiger partial charge in [0.15, 0.2) is 0 Å². The van der Waals surface area contributed by atoms with E-state index in [0.717, 1.165) is 10.9 Å². The summed E-state index contributed by atoms with van der Waals surface area (Å²) in [6, 6.07) is 15.2. The second kappa shape index (κ2) is 14.6. The minimum absolute atomic E-state index is 0.0676. The summed E-state index contributed by atoms with van der Waals surface area (Å²) in [4.78, 5) is 61.1. The Balaban J connectivity index is 1.34. The van der Waals surface area contributed by atoms with E-state index < -0.39 is 53.2 Å². The summed E-state index contributed by atoms with van der Waals surface area (Å²) in [6.07, 6.45) is 4.63. The number of nitrogens with one attached hydrogen (secondary N) is 2. The van der Waals surface area contributed by atoms with E-state index in [1.807, 2.05) is 66.7 Å². The first-order valence-corrected chi connectivity index (χ1v) is 17.6. The van der Waals surface area contributed by atoms with Crippen LogP contribution in [0.25, 0.3) is 22.2 Å². The Bertz CT molecular complexity index is 1820. The van der Waals surface area contributed by atoms with Crippen molar-refractivity contribution >= 4 is 34.8 Å². The lowest BCUT2D eigenvalue weighted by atomic mass is 10.1. The Labute approximate surface area is 297 Å². The maximum Gasteiger partial charge on any atom is 0.408 e. The molecule has 5 unspecified atom stereocenters. The van der Waals surface area contributed by atoms with Crippen LogP contribution in [0.4, 0.5) is 4.79 Å². The molecule has 3 aliphatic rings. The topological polar surface area (TPSA) is 145 Å². The monoisotopic (exact) mass is 698 g/mol. The molecule has 2 fully saturated rings. The van der Waals surface area contributed by atoms with Gasteiger partial charge < -0.3 is 34.5 Å². The molecule has 0 bridgehead atoms. The molecular formula is C39H46N4O8. The van der Waals surface area contributed by atoms with Crippen molar-refractivity contribution in [2.24, 2.45) is 5.92 Å². The SMILES string of the molecule is CCOC(=O)C12CC1/C=C\CCCC(NC(=O)OC(C)(C)C)C(=O)N1CC(Oc3cc(-c4ccccc4)nc4cc(OC)ccc34)CC1C(=O)N2. The summed E-state index contributed by atoms with van der Waals surface area (Å²) in [5, 5.41) is 6.48. The van der Waals surface area contributed by atoms with E-state index in [1.165, 1.54) is 4.90 Å². The van der Waals surface area contributed by atoms with E-state index in [1.54, 1.807) is 34.8 Å². The van der Waals surface area contributed by atoms with Crippen LogP contribution in [-0.2, 0) is 23.9 Å². The standard InChI is InChI=1S/C39H46N4O8/c1-6-49-36(46)39-22-25(39)15-11-8-12-16-29(41-37(47)51-38(2,3)4)35(45)43-23-27(20-32(43)34(44)42-39)50-33-21-30(24-13-9-7-10-14-24)40-31-19-26(48-5)17-18-28(31)33/h7,9-11,13-15,17-19,21,25,27,29,32H,6,8,12,16,20,22-23H2,1-5H3,(H,41,47)(H,42,44)/b15-11-. The van der Waals surface area contributed by atoms with Gasteiger partial charge in [0.1, 0.15) is 40.8 Å². The number of hydrogen-bond acceptors (Lipinski definition) is 9. The lowest BCUT2D eigenvalue weighted by Gasteiger charge is -2.30. The van der Waals surface area contributed by atoms with Crippen molar-refractivity contribution in [3.63, 3.8) is 0 Å². The van der Waals surface area contributed by atoms with Crippen molar-refractivity contribution in [1.82, 2.24) is 20.5 Å². The van der Waals surface area contributed by atoms with Crippen LogP contribution in [0.1, 0.15) is 59.8 Å². The van der Waals surface area contributed by atoms with Gasteiger partial charge in [0.25, 0.3) is 0 Å². The molecule has 12 nitrogen and oxygen atoms in total. The first kappa shape index (κ1) is 35.7. The number of benzene rings is 2. The Morgan fingerprint density at radius 2 is 1.88 bits per heavy atom. The van der Waals surface area contributed by atoms with Crippen LogP contribution in [0.2, 0.25) is 0 Å². The number of carbonyl (C=O) groups excluding carboxylic acids is 4. The van der Waals surface area contributed by atoms with Gasteiger partial charge >= 0.3 is 12.1 Å². The molecule has 3 amide bonds. The fourth-order valence-electron chi connectivity index (χ4n) is 6.83. The number of carbonyl (C=O) groups is 4. The molecule has 5 atom stereocenters. The van der Waals surface area contributed by atoms with Crippen LogP contribution in [0, 0.1) is 5.92 Å². The molecule has 2 N–H and O–H groups in total. The fourth-order valence-corrected chi connectivity index (χ4v) is 6.83. The summed E-state index contributed by atoms with van der Waals surface area (Å²) in [7, 11) is 1.59. The van der Waals surface area contributed by atoms with Crippen LogP contribution in [0.15, 0.2) is 66.7 Å². The average Bonchev–Trinajstić information content (AvgIpc) is 3.62. The van der Waals surface area contributed by atoms with Gasteiger partial charge in [0.05, 0.1) is 31.5 Å². The van der Waals surface area contributed by atoms with Crippen molar-refractivity contribution in [2.45, 2.75) is 89.1 Å². The molecule has 2 aromatic carbocycles. The van der Waals surface area contributed by atoms with Crippen molar-refractivity contribution < 1.29 is 38.1 Å². The van der Waals surface area contributed by atoms with Gasteiger partial charge in [-0.05, 0) is 65.5 Å². The number of pyridine rings is 1. The van der Waals surface area contributed by atoms with Crippen LogP contribution in [0.5, 0.6) is 11.5 Å². The molecule has 6 rings (SSSR count). The molecule has 2 aliphatic heterocycles. The van der Waals surface area contributed by atoms with E-state index in [2.05, 4.69) is 10.6 Å². The molecule has 0 radical (unpaired) electrons. The van der Waals surface area contributed by atoms with Crippen LogP contribution in [-0.4, -0.2) is 83.3 Å². The maximum atomic E-state index is 14.4. The Kier molecular flexibility index (Phi) is 10.2. The lowest BCUT2D eigenvalue weighted by Crippen LogP contribution is -2.56. The second-order valence-corrected chi connectivity index (χ2v) is 14.3. The first-order chi connectivity index (χ1) is 24.4. The molecule has 1 saturated heterocycles. The number of alkyl carbamates (subject to hydrolysis) is 1. The van der Waals surface area contributed by atoms with Crippen molar-refractivity contribution in [2.75, 3.05) is 20.3 Å². The number of fused-ring (bicyclic) bond motifs is 3. The molecule has 270 valence electrons. The van der Waals surface area contributed by atoms with Crippen molar-refractivity contribution in [1.29, 1.82) is 0 Å². The number of hydrogen-bond donors (Lipinski definition) is 2. The van der Waals surface area contributed by atoms with Crippen LogP contribution in [0.3, 0.4) is 0 Å². The summed E-state index contributed by atoms with van der Waals surface area (Å²) >= 11 is 0. The highest BCUT2D eigenvalue weighted by atomic mass is 16.6. The molecule has 51 heavy (non-hydrogen) atoms. The number of methoxy groups -OCH3 is 1. The highest BCUT2D eigenvalue weighted by Crippen LogP contribution is 2.46. The molecule has 3 aromatic rings. The normalized spacial score (nSPS) is 25.5. The third-order valence-electron chi connectivity index (χ3n) is 9.41. The van der Waals surface area contributed by atoms with E-state index in [0.29, 0.717) is 48.4 Å². The molecule has 12 heteroatoms. The maximum absolute atomic E-state index is 14.4. The third-order valence-corrected chi connectivity index (χ3v) is 9.41. The zero-order valence-electron chi connectivity index (χ0n) is 29.8. The Morgan fingerprint density at radius 3 is 2.61 bits per heavy atom. The van der Waals surface area contributed by atoms with E-state index in [9.17, 15) is 19.2 Å². The molecule has 0 spiro atoms. The van der Waals surface area contributed by atoms with E-state index in [4.69, 9.17) is 23.9 Å². The first-order valence-electron chi connectivity index (χ1n) is 17.6. The minimum atomic E-state index is -1.20. The zero-order valence-corrected chi connectivity index (χ0v) is 29.8. The number of ether oxygens (including phenoxy) is 4. The fraction of sp³-hybridized carbons (Fsp3) is 0.462. The molecule has 1 aliphatic carbocycles. The van der Waals surface area contributed by atoms with Crippen LogP contribution < -0.4 is 20.1 Å². The van der Waals surface area contributed by atoms with Crippen LogP contribution >= 0.6 is 0 Å². The predicted octanol–water partition coefficient (Wildman–Crippen LogP) is 5.33. The number of rotatable bonds is 7. The van der Waals surface area contributed by atoms with Crippen molar-refractivity contribution in [3.05, 3.63) is 66.7 Å². The zero-order chi connectivity index (χ0) is 36.3. The number of aromatic nitrogens is 1. The Hall–Kier alpha value is -5.13. The number of allylic oxidation sites excluding steroid dienone is 1. The Morgan fingerprint density at radius 1 is 1.10 bits per heavy atom. The summed E-state index contributed by atoms with van der Waals surface area (Å²) in [5.41, 5.74) is 0.261. The predicted molar refractivity (Wildman–Crippen MR) is 190 cm³/mol. The van der Waals surface area contributed by atoms with Gasteiger partial charge in [-0.25, -0.2) is 14.6 Å². The van der Waals surface area contributed by atoms with Gasteiger partial charge in [-0.2, -0.15) is 0 Å². The van der Waals surface area contributed by atoms with Gasteiger partial charge in [-0.1, -0.05) is 42.5 Å². The minimum Gasteiger partial charge on any atom is -0.497 e. The lowest BCUT2D eigenvalue weighted by molar-refractivity contribution is -0.150. The van der Waals surface area contributed by atoms with Gasteiger partial charge in [-0.3, -0.25) is 9.59 Å². The number of esters is 1. The summed E-state index contributed by atoms with van der Waals surface area (Å²) in [5.74, 6) is -0.464. The summed E-state index contributed by atoms with van der Waals surface area (Å²) in [6.45, 7) is 7.21. The van der Waals surface area contributed by atoms with E-state index in [-0.39, 0.29) is 25.5 Å². The highest BCUT2D eigenvalue weighted by molar-refractivity contribution is 5.97. The van der Waals surface area contributed by atoms with Gasteiger partial charge in [-0.15, -0.1) is 0 Å². The summed E-state index contributed by atoms with van der Waals surface area (Å²) < 4.78 is 23.0. The van der Waals surface area contributed by atoms with Gasteiger partial charge in [0, 0.05) is 35.4 Å². The molecule has 1 saturated carbocycles. The van der Waals surface area contributed by atoms with E-state index >= 15 is 0 Å². The third kappa shape index (κ3) is 7.95. The second-order valence-electron chi connectivity index (χ2n) is 14.3. The number of amides is 3. The average molecular weight is 699 g/mol. The van der Waals surface area contributed by atoms with Gasteiger partial charge in [0.2, 0.25) is 11.8 Å². The smallest absolute Gasteiger partial charge is 0.408 e. The number of nitrogens with zero attached hydrogens (tertiary/aromatic N) is 2. The molecular weight excluding hydrogens is 652 g/mol. The molecule has 3 heterocycles. The largest absolute Gasteiger partial charge is 0.497 e. The molecule has 1 aromatic heterocycles. The quantitative estimate of drug-likeness (QED) is 0.247. The highest BCUT2D eigenvalue weighted by Gasteiger charge is 2.62.